The molecule has 194 valence electrons. The van der Waals surface area contributed by atoms with Crippen LogP contribution in [0, 0.1) is 0 Å². The Balaban J connectivity index is 1.32. The van der Waals surface area contributed by atoms with Crippen molar-refractivity contribution in [2.75, 3.05) is 63.7 Å². The fourth-order valence-electron chi connectivity index (χ4n) is 4.89. The molecule has 0 bridgehead atoms. The molecule has 2 aromatic heterocycles. The number of fused-ring (bicyclic) bond motifs is 1. The quantitative estimate of drug-likeness (QED) is 0.415. The van der Waals surface area contributed by atoms with Crippen LogP contribution >= 0.6 is 0 Å². The number of methoxy groups -OCH3 is 1. The molecule has 0 aliphatic carbocycles. The van der Waals surface area contributed by atoms with Crippen molar-refractivity contribution in [1.29, 1.82) is 0 Å². The minimum absolute atomic E-state index is 0.212. The molecule has 0 saturated carbocycles. The summed E-state index contributed by atoms with van der Waals surface area (Å²) in [5.41, 5.74) is 1.28. The molecule has 3 aromatic rings. The van der Waals surface area contributed by atoms with Crippen LogP contribution in [0.15, 0.2) is 35.4 Å². The highest BCUT2D eigenvalue weighted by molar-refractivity contribution is 7.89. The highest BCUT2D eigenvalue weighted by atomic mass is 32.2. The largest absolute Gasteiger partial charge is 0.495 e. The lowest BCUT2D eigenvalue weighted by Crippen LogP contribution is -2.50. The molecular formula is C24H33N7O4S. The van der Waals surface area contributed by atoms with Gasteiger partial charge < -0.3 is 25.1 Å². The molecule has 12 heteroatoms. The van der Waals surface area contributed by atoms with Crippen LogP contribution in [0.25, 0.3) is 11.0 Å². The Morgan fingerprint density at radius 2 is 1.92 bits per heavy atom. The van der Waals surface area contributed by atoms with Crippen LogP contribution in [-0.4, -0.2) is 91.7 Å². The summed E-state index contributed by atoms with van der Waals surface area (Å²) in [5, 5.41) is 7.31. The highest BCUT2D eigenvalue weighted by Crippen LogP contribution is 2.32. The van der Waals surface area contributed by atoms with E-state index in [1.54, 1.807) is 22.5 Å². The monoisotopic (exact) mass is 515 g/mol. The maximum Gasteiger partial charge on any atom is 0.243 e. The number of piperidine rings is 1. The molecule has 0 radical (unpaired) electrons. The Bertz CT molecular complexity index is 1300. The van der Waals surface area contributed by atoms with E-state index in [1.165, 1.54) is 7.11 Å². The third-order valence-electron chi connectivity index (χ3n) is 6.80. The first kappa shape index (κ1) is 24.8. The van der Waals surface area contributed by atoms with Crippen LogP contribution in [-0.2, 0) is 14.8 Å². The zero-order valence-corrected chi connectivity index (χ0v) is 21.5. The van der Waals surface area contributed by atoms with E-state index in [9.17, 15) is 8.42 Å². The van der Waals surface area contributed by atoms with E-state index in [0.717, 1.165) is 51.1 Å². The Morgan fingerprint density at radius 3 is 2.64 bits per heavy atom. The zero-order chi connectivity index (χ0) is 25.1. The van der Waals surface area contributed by atoms with Crippen molar-refractivity contribution in [3.63, 3.8) is 0 Å². The number of rotatable bonds is 8. The standard InChI is InChI=1S/C24H33N7O4S/c1-3-25-22-19-6-9-26-23(19)29-24(28-22)27-20-5-4-18(16-21(20)34-2)36(32,33)31-10-7-17(8-11-31)30-12-14-35-15-13-30/h4-6,9,16-17H,3,7-8,10-15H2,1-2H3,(H3,25,26,27,28,29). The molecule has 0 atom stereocenters. The normalized spacial score (nSPS) is 18.4. The number of H-pyrrole nitrogens is 1. The minimum atomic E-state index is -3.64. The number of nitrogens with zero attached hydrogens (tertiary/aromatic N) is 4. The number of benzene rings is 1. The van der Waals surface area contributed by atoms with Gasteiger partial charge in [0, 0.05) is 51.0 Å². The average molecular weight is 516 g/mol. The van der Waals surface area contributed by atoms with Crippen molar-refractivity contribution in [1.82, 2.24) is 24.2 Å². The molecule has 2 aliphatic rings. The number of hydrogen-bond donors (Lipinski definition) is 3. The van der Waals surface area contributed by atoms with Gasteiger partial charge in [0.15, 0.2) is 0 Å². The van der Waals surface area contributed by atoms with Gasteiger partial charge in [-0.3, -0.25) is 4.90 Å². The second-order valence-corrected chi connectivity index (χ2v) is 10.9. The van der Waals surface area contributed by atoms with Crippen LogP contribution in [0.2, 0.25) is 0 Å². The Morgan fingerprint density at radius 1 is 1.14 bits per heavy atom. The second-order valence-electron chi connectivity index (χ2n) is 8.94. The summed E-state index contributed by atoms with van der Waals surface area (Å²) in [5.74, 6) is 1.49. The molecule has 0 spiro atoms. The highest BCUT2D eigenvalue weighted by Gasteiger charge is 2.32. The predicted octanol–water partition coefficient (Wildman–Crippen LogP) is 2.63. The molecule has 1 aromatic carbocycles. The number of anilines is 3. The van der Waals surface area contributed by atoms with Crippen molar-refractivity contribution in [2.24, 2.45) is 0 Å². The van der Waals surface area contributed by atoms with Gasteiger partial charge in [-0.1, -0.05) is 0 Å². The van der Waals surface area contributed by atoms with Crippen molar-refractivity contribution in [3.8, 4) is 5.75 Å². The van der Waals surface area contributed by atoms with Gasteiger partial charge in [-0.05, 0) is 38.0 Å². The average Bonchev–Trinajstić information content (AvgIpc) is 3.39. The van der Waals surface area contributed by atoms with Gasteiger partial charge in [0.2, 0.25) is 16.0 Å². The molecule has 2 fully saturated rings. The number of aromatic amines is 1. The molecule has 2 aliphatic heterocycles. The fourth-order valence-corrected chi connectivity index (χ4v) is 6.38. The smallest absolute Gasteiger partial charge is 0.243 e. The maximum atomic E-state index is 13.4. The second kappa shape index (κ2) is 10.6. The lowest BCUT2D eigenvalue weighted by atomic mass is 10.0. The number of morpholine rings is 1. The van der Waals surface area contributed by atoms with E-state index in [1.807, 2.05) is 19.2 Å². The van der Waals surface area contributed by atoms with Gasteiger partial charge >= 0.3 is 0 Å². The van der Waals surface area contributed by atoms with Crippen LogP contribution in [0.3, 0.4) is 0 Å². The maximum absolute atomic E-state index is 13.4. The summed E-state index contributed by atoms with van der Waals surface area (Å²) in [6.07, 6.45) is 3.46. The SMILES string of the molecule is CCNc1nc(Nc2ccc(S(=O)(=O)N3CCC(N4CCOCC4)CC3)cc2OC)nc2[nH]ccc12. The van der Waals surface area contributed by atoms with E-state index in [-0.39, 0.29) is 4.90 Å². The molecule has 2 saturated heterocycles. The predicted molar refractivity (Wildman–Crippen MR) is 139 cm³/mol. The topological polar surface area (TPSA) is 125 Å². The summed E-state index contributed by atoms with van der Waals surface area (Å²) in [6.45, 7) is 7.06. The molecule has 0 amide bonds. The Kier molecular flexibility index (Phi) is 7.28. The molecule has 36 heavy (non-hydrogen) atoms. The third kappa shape index (κ3) is 4.99. The van der Waals surface area contributed by atoms with Gasteiger partial charge in [0.25, 0.3) is 0 Å². The van der Waals surface area contributed by atoms with Gasteiger partial charge in [-0.2, -0.15) is 14.3 Å². The van der Waals surface area contributed by atoms with Crippen molar-refractivity contribution < 1.29 is 17.9 Å². The van der Waals surface area contributed by atoms with Crippen LogP contribution in [0.1, 0.15) is 19.8 Å². The summed E-state index contributed by atoms with van der Waals surface area (Å²) < 4.78 is 39.4. The number of ether oxygens (including phenoxy) is 2. The molecule has 3 N–H and O–H groups in total. The number of hydrogen-bond acceptors (Lipinski definition) is 9. The minimum Gasteiger partial charge on any atom is -0.495 e. The first-order valence-corrected chi connectivity index (χ1v) is 13.8. The van der Waals surface area contributed by atoms with E-state index in [0.29, 0.717) is 48.0 Å². The number of nitrogens with one attached hydrogen (secondary N) is 3. The first-order chi connectivity index (χ1) is 17.5. The van der Waals surface area contributed by atoms with Crippen molar-refractivity contribution >= 4 is 38.5 Å². The Labute approximate surface area is 211 Å². The first-order valence-electron chi connectivity index (χ1n) is 12.4. The van der Waals surface area contributed by atoms with Gasteiger partial charge in [0.1, 0.15) is 17.2 Å². The molecule has 11 nitrogen and oxygen atoms in total. The van der Waals surface area contributed by atoms with Gasteiger partial charge in [-0.15, -0.1) is 0 Å². The fraction of sp³-hybridized carbons (Fsp3) is 0.500. The molecule has 5 rings (SSSR count). The summed E-state index contributed by atoms with van der Waals surface area (Å²) in [6, 6.07) is 7.18. The Hall–Kier alpha value is -2.93. The number of sulfonamides is 1. The third-order valence-corrected chi connectivity index (χ3v) is 8.70. The summed E-state index contributed by atoms with van der Waals surface area (Å²) in [4.78, 5) is 14.8. The summed E-state index contributed by atoms with van der Waals surface area (Å²) in [7, 11) is -2.12. The van der Waals surface area contributed by atoms with E-state index in [4.69, 9.17) is 9.47 Å². The number of aromatic nitrogens is 3. The van der Waals surface area contributed by atoms with E-state index in [2.05, 4.69) is 30.5 Å². The van der Waals surface area contributed by atoms with Crippen LogP contribution < -0.4 is 15.4 Å². The van der Waals surface area contributed by atoms with Crippen LogP contribution in [0.4, 0.5) is 17.5 Å². The van der Waals surface area contributed by atoms with Crippen molar-refractivity contribution in [2.45, 2.75) is 30.7 Å². The van der Waals surface area contributed by atoms with E-state index < -0.39 is 10.0 Å². The zero-order valence-electron chi connectivity index (χ0n) is 20.7. The van der Waals surface area contributed by atoms with Crippen LogP contribution in [0.5, 0.6) is 5.75 Å². The molecule has 4 heterocycles. The summed E-state index contributed by atoms with van der Waals surface area (Å²) >= 11 is 0. The lowest BCUT2D eigenvalue weighted by molar-refractivity contribution is 0.00610. The lowest BCUT2D eigenvalue weighted by Gasteiger charge is -2.39. The van der Waals surface area contributed by atoms with Gasteiger partial charge in [0.05, 0.1) is 36.3 Å². The molecule has 0 unspecified atom stereocenters. The molecular weight excluding hydrogens is 482 g/mol. The van der Waals surface area contributed by atoms with Crippen molar-refractivity contribution in [3.05, 3.63) is 30.5 Å². The van der Waals surface area contributed by atoms with Gasteiger partial charge in [-0.25, -0.2) is 8.42 Å². The van der Waals surface area contributed by atoms with E-state index >= 15 is 0 Å².